The van der Waals surface area contributed by atoms with Crippen LogP contribution >= 0.6 is 11.5 Å². The molecular formula is C4H3N5OS. The van der Waals surface area contributed by atoms with Crippen LogP contribution in [-0.2, 0) is 0 Å². The number of hydrogen-bond donors (Lipinski definition) is 1. The Bertz CT molecular complexity index is 341. The predicted octanol–water partition coefficient (Wildman–Crippen LogP) is 0.170. The van der Waals surface area contributed by atoms with Crippen molar-refractivity contribution in [2.45, 2.75) is 0 Å². The van der Waals surface area contributed by atoms with E-state index in [0.717, 1.165) is 0 Å². The molecule has 0 unspecified atom stereocenters. The highest BCUT2D eigenvalue weighted by molar-refractivity contribution is 7.09. The lowest BCUT2D eigenvalue weighted by atomic mass is 10.6. The van der Waals surface area contributed by atoms with Crippen LogP contribution < -0.4 is 5.73 Å². The third-order valence-electron chi connectivity index (χ3n) is 1.01. The zero-order chi connectivity index (χ0) is 7.68. The molecule has 0 aliphatic rings. The molecule has 2 aromatic heterocycles. The molecule has 0 aromatic carbocycles. The molecule has 0 spiro atoms. The van der Waals surface area contributed by atoms with E-state index in [4.69, 9.17) is 10.2 Å². The van der Waals surface area contributed by atoms with Crippen LogP contribution in [0.15, 0.2) is 10.6 Å². The molecule has 0 saturated heterocycles. The summed E-state index contributed by atoms with van der Waals surface area (Å²) in [6.07, 6.45) is 1.54. The molecule has 56 valence electrons. The summed E-state index contributed by atoms with van der Waals surface area (Å²) in [4.78, 5) is 0.717. The molecule has 2 N–H and O–H groups in total. The normalized spacial score (nSPS) is 10.2. The van der Waals surface area contributed by atoms with E-state index < -0.39 is 0 Å². The van der Waals surface area contributed by atoms with Gasteiger partial charge in [-0.05, 0) is 11.5 Å². The van der Waals surface area contributed by atoms with Gasteiger partial charge in [0.2, 0.25) is 0 Å². The number of anilines is 1. The van der Waals surface area contributed by atoms with Crippen LogP contribution in [0.2, 0.25) is 0 Å². The number of nitrogens with zero attached hydrogens (tertiary/aromatic N) is 4. The minimum Gasteiger partial charge on any atom is -0.403 e. The molecule has 0 saturated carbocycles. The lowest BCUT2D eigenvalue weighted by Crippen LogP contribution is -1.81. The standard InChI is InChI=1S/C4H3N5OS/c5-4-8-7-3(10-4)2-1-6-9-11-2/h1H,(H2,5,8). The number of rotatable bonds is 1. The molecule has 0 fully saturated rings. The van der Waals surface area contributed by atoms with Gasteiger partial charge in [-0.2, -0.15) is 0 Å². The van der Waals surface area contributed by atoms with Gasteiger partial charge in [0.1, 0.15) is 4.88 Å². The van der Waals surface area contributed by atoms with Crippen molar-refractivity contribution in [3.05, 3.63) is 6.20 Å². The summed E-state index contributed by atoms with van der Waals surface area (Å²) in [5.41, 5.74) is 5.21. The van der Waals surface area contributed by atoms with Gasteiger partial charge in [0, 0.05) is 0 Å². The van der Waals surface area contributed by atoms with Crippen molar-refractivity contribution >= 4 is 17.5 Å². The number of aromatic nitrogens is 4. The average molecular weight is 169 g/mol. The summed E-state index contributed by atoms with van der Waals surface area (Å²) < 4.78 is 8.54. The molecule has 0 atom stereocenters. The topological polar surface area (TPSA) is 90.7 Å². The first kappa shape index (κ1) is 6.23. The largest absolute Gasteiger partial charge is 0.403 e. The molecule has 7 heteroatoms. The van der Waals surface area contributed by atoms with Gasteiger partial charge in [0.15, 0.2) is 0 Å². The lowest BCUT2D eigenvalue weighted by molar-refractivity contribution is 0.591. The van der Waals surface area contributed by atoms with Crippen molar-refractivity contribution in [2.24, 2.45) is 0 Å². The second-order valence-electron chi connectivity index (χ2n) is 1.73. The maximum absolute atomic E-state index is 5.21. The van der Waals surface area contributed by atoms with E-state index in [-0.39, 0.29) is 6.01 Å². The Kier molecular flexibility index (Phi) is 1.29. The van der Waals surface area contributed by atoms with Crippen molar-refractivity contribution in [3.63, 3.8) is 0 Å². The number of hydrogen-bond acceptors (Lipinski definition) is 7. The second kappa shape index (κ2) is 2.27. The Morgan fingerprint density at radius 3 is 2.91 bits per heavy atom. The zero-order valence-corrected chi connectivity index (χ0v) is 6.08. The van der Waals surface area contributed by atoms with Gasteiger partial charge in [-0.25, -0.2) is 0 Å². The first-order valence-electron chi connectivity index (χ1n) is 2.73. The Morgan fingerprint density at radius 1 is 1.45 bits per heavy atom. The molecule has 11 heavy (non-hydrogen) atoms. The first-order chi connectivity index (χ1) is 5.36. The molecule has 0 bridgehead atoms. The molecule has 0 radical (unpaired) electrons. The summed E-state index contributed by atoms with van der Waals surface area (Å²) >= 11 is 1.18. The van der Waals surface area contributed by atoms with Crippen LogP contribution in [0.5, 0.6) is 0 Å². The minimum absolute atomic E-state index is 0.0494. The fourth-order valence-electron chi connectivity index (χ4n) is 0.596. The quantitative estimate of drug-likeness (QED) is 0.654. The molecule has 0 aliphatic carbocycles. The Balaban J connectivity index is 2.45. The Morgan fingerprint density at radius 2 is 2.36 bits per heavy atom. The molecule has 2 heterocycles. The van der Waals surface area contributed by atoms with Crippen molar-refractivity contribution < 1.29 is 4.42 Å². The molecule has 0 aliphatic heterocycles. The lowest BCUT2D eigenvalue weighted by Gasteiger charge is -1.79. The fraction of sp³-hybridized carbons (Fsp3) is 0. The van der Waals surface area contributed by atoms with Crippen LogP contribution in [0.3, 0.4) is 0 Å². The minimum atomic E-state index is 0.0494. The summed E-state index contributed by atoms with van der Waals surface area (Å²) in [5, 5.41) is 10.7. The second-order valence-corrected chi connectivity index (χ2v) is 2.51. The summed E-state index contributed by atoms with van der Waals surface area (Å²) in [6.45, 7) is 0. The van der Waals surface area contributed by atoms with E-state index in [1.165, 1.54) is 17.7 Å². The summed E-state index contributed by atoms with van der Waals surface area (Å²) in [7, 11) is 0. The first-order valence-corrected chi connectivity index (χ1v) is 3.50. The van der Waals surface area contributed by atoms with Gasteiger partial charge < -0.3 is 10.2 Å². The van der Waals surface area contributed by atoms with Gasteiger partial charge in [-0.15, -0.1) is 10.2 Å². The van der Waals surface area contributed by atoms with Crippen LogP contribution in [0, 0.1) is 0 Å². The van der Waals surface area contributed by atoms with Crippen LogP contribution in [0.25, 0.3) is 10.8 Å². The van der Waals surface area contributed by atoms with Crippen molar-refractivity contribution in [1.29, 1.82) is 0 Å². The van der Waals surface area contributed by atoms with Gasteiger partial charge >= 0.3 is 6.01 Å². The van der Waals surface area contributed by atoms with Crippen molar-refractivity contribution in [3.8, 4) is 10.8 Å². The van der Waals surface area contributed by atoms with E-state index in [1.807, 2.05) is 0 Å². The smallest absolute Gasteiger partial charge is 0.313 e. The third kappa shape index (κ3) is 1.05. The number of nitrogens with two attached hydrogens (primary N) is 1. The van der Waals surface area contributed by atoms with Crippen LogP contribution in [0.1, 0.15) is 0 Å². The highest BCUT2D eigenvalue weighted by Crippen LogP contribution is 2.19. The van der Waals surface area contributed by atoms with E-state index >= 15 is 0 Å². The Labute approximate surface area is 65.2 Å². The zero-order valence-electron chi connectivity index (χ0n) is 5.26. The van der Waals surface area contributed by atoms with Crippen LogP contribution in [-0.4, -0.2) is 19.8 Å². The van der Waals surface area contributed by atoms with Gasteiger partial charge in [0.05, 0.1) is 6.20 Å². The maximum Gasteiger partial charge on any atom is 0.313 e. The van der Waals surface area contributed by atoms with Gasteiger partial charge in [-0.1, -0.05) is 9.59 Å². The van der Waals surface area contributed by atoms with E-state index in [1.54, 1.807) is 0 Å². The predicted molar refractivity (Wildman–Crippen MR) is 37.6 cm³/mol. The molecule has 2 rings (SSSR count). The monoisotopic (exact) mass is 169 g/mol. The molecule has 0 amide bonds. The molecular weight excluding hydrogens is 166 g/mol. The summed E-state index contributed by atoms with van der Waals surface area (Å²) in [5.74, 6) is 0.359. The van der Waals surface area contributed by atoms with Crippen molar-refractivity contribution in [1.82, 2.24) is 19.8 Å². The van der Waals surface area contributed by atoms with Crippen LogP contribution in [0.4, 0.5) is 6.01 Å². The van der Waals surface area contributed by atoms with E-state index in [9.17, 15) is 0 Å². The van der Waals surface area contributed by atoms with Gasteiger partial charge in [0.25, 0.3) is 5.89 Å². The van der Waals surface area contributed by atoms with Gasteiger partial charge in [-0.3, -0.25) is 0 Å². The fourth-order valence-corrected chi connectivity index (χ4v) is 1.03. The highest BCUT2D eigenvalue weighted by Gasteiger charge is 2.07. The molecule has 6 nitrogen and oxygen atoms in total. The van der Waals surface area contributed by atoms with E-state index in [2.05, 4.69) is 19.8 Å². The van der Waals surface area contributed by atoms with E-state index in [0.29, 0.717) is 10.8 Å². The maximum atomic E-state index is 5.21. The Hall–Kier alpha value is -1.50. The third-order valence-corrected chi connectivity index (χ3v) is 1.67. The highest BCUT2D eigenvalue weighted by atomic mass is 32.1. The number of nitrogen functional groups attached to an aromatic ring is 1. The SMILES string of the molecule is Nc1nnc(-c2cnns2)o1. The molecule has 2 aromatic rings. The van der Waals surface area contributed by atoms with Crippen molar-refractivity contribution in [2.75, 3.05) is 5.73 Å². The summed E-state index contributed by atoms with van der Waals surface area (Å²) in [6, 6.07) is 0.0494. The average Bonchev–Trinajstić information content (AvgIpc) is 2.55.